The van der Waals surface area contributed by atoms with Crippen molar-refractivity contribution < 1.29 is 4.74 Å². The van der Waals surface area contributed by atoms with Crippen molar-refractivity contribution >= 4 is 5.65 Å². The third-order valence-corrected chi connectivity index (χ3v) is 3.22. The lowest BCUT2D eigenvalue weighted by Crippen LogP contribution is -2.38. The van der Waals surface area contributed by atoms with Gasteiger partial charge in [0.15, 0.2) is 5.65 Å². The number of hydrogen-bond acceptors (Lipinski definition) is 5. The molecule has 0 saturated heterocycles. The number of rotatable bonds is 4. The van der Waals surface area contributed by atoms with Gasteiger partial charge >= 0.3 is 5.69 Å². The van der Waals surface area contributed by atoms with Crippen LogP contribution < -0.4 is 15.7 Å². The van der Waals surface area contributed by atoms with Crippen molar-refractivity contribution in [2.75, 3.05) is 13.6 Å². The first-order valence-corrected chi connectivity index (χ1v) is 6.02. The summed E-state index contributed by atoms with van der Waals surface area (Å²) in [6, 6.07) is 3.45. The summed E-state index contributed by atoms with van der Waals surface area (Å²) in [4.78, 5) is 11.4. The van der Waals surface area contributed by atoms with Gasteiger partial charge in [0.1, 0.15) is 6.10 Å². The van der Waals surface area contributed by atoms with Crippen molar-refractivity contribution in [1.82, 2.24) is 25.1 Å². The first kappa shape index (κ1) is 11.2. The molecule has 2 aromatic heterocycles. The Kier molecular flexibility index (Phi) is 2.75. The Labute approximate surface area is 103 Å². The van der Waals surface area contributed by atoms with E-state index < -0.39 is 0 Å². The molecule has 0 amide bonds. The molecule has 2 aromatic rings. The molecule has 1 aliphatic rings. The quantitative estimate of drug-likeness (QED) is 0.783. The second kappa shape index (κ2) is 4.41. The second-order valence-electron chi connectivity index (χ2n) is 4.61. The van der Waals surface area contributed by atoms with E-state index in [2.05, 4.69) is 20.6 Å². The van der Waals surface area contributed by atoms with Crippen molar-refractivity contribution in [2.45, 2.75) is 18.9 Å². The van der Waals surface area contributed by atoms with Crippen molar-refractivity contribution in [2.24, 2.45) is 5.92 Å². The molecular weight excluding hydrogens is 234 g/mol. The van der Waals surface area contributed by atoms with Gasteiger partial charge < -0.3 is 10.1 Å². The van der Waals surface area contributed by atoms with Crippen LogP contribution in [-0.4, -0.2) is 39.5 Å². The number of ether oxygens (including phenoxy) is 1. The molecule has 0 spiro atoms. The Hall–Kier alpha value is -1.89. The minimum Gasteiger partial charge on any atom is -0.473 e. The van der Waals surface area contributed by atoms with Crippen LogP contribution in [0.5, 0.6) is 5.88 Å². The summed E-state index contributed by atoms with van der Waals surface area (Å²) in [6.45, 7) is 1.02. The lowest BCUT2D eigenvalue weighted by molar-refractivity contribution is 0.0605. The predicted octanol–water partition coefficient (Wildman–Crippen LogP) is -0.206. The van der Waals surface area contributed by atoms with Gasteiger partial charge in [-0.25, -0.2) is 9.89 Å². The number of H-pyrrole nitrogens is 1. The lowest BCUT2D eigenvalue weighted by Gasteiger charge is -2.34. The van der Waals surface area contributed by atoms with Gasteiger partial charge in [-0.15, -0.1) is 5.10 Å². The molecule has 7 heteroatoms. The highest BCUT2D eigenvalue weighted by molar-refractivity contribution is 5.35. The van der Waals surface area contributed by atoms with Crippen molar-refractivity contribution in [3.05, 3.63) is 22.6 Å². The maximum atomic E-state index is 11.4. The topological polar surface area (TPSA) is 84.3 Å². The van der Waals surface area contributed by atoms with E-state index in [0.717, 1.165) is 19.4 Å². The van der Waals surface area contributed by atoms with Crippen LogP contribution >= 0.6 is 0 Å². The number of hydrogen-bond donors (Lipinski definition) is 2. The van der Waals surface area contributed by atoms with Gasteiger partial charge in [-0.05, 0) is 38.4 Å². The van der Waals surface area contributed by atoms with Crippen LogP contribution in [-0.2, 0) is 0 Å². The number of fused-ring (bicyclic) bond motifs is 1. The zero-order valence-electron chi connectivity index (χ0n) is 10.1. The molecule has 2 heterocycles. The van der Waals surface area contributed by atoms with Gasteiger partial charge in [0.25, 0.3) is 0 Å². The van der Waals surface area contributed by atoms with E-state index in [1.54, 1.807) is 12.1 Å². The van der Waals surface area contributed by atoms with Gasteiger partial charge in [0, 0.05) is 6.07 Å². The van der Waals surface area contributed by atoms with Crippen molar-refractivity contribution in [3.8, 4) is 5.88 Å². The number of nitrogens with one attached hydrogen (secondary N) is 2. The molecule has 7 nitrogen and oxygen atoms in total. The van der Waals surface area contributed by atoms with E-state index in [-0.39, 0.29) is 11.8 Å². The third-order valence-electron chi connectivity index (χ3n) is 3.22. The fraction of sp³-hybridized carbons (Fsp3) is 0.545. The normalized spacial score (nSPS) is 22.9. The SMILES string of the molecule is CNCC1CC(Oc2ccc3n[nH]c(=O)n3n2)C1. The van der Waals surface area contributed by atoms with E-state index in [9.17, 15) is 4.79 Å². The summed E-state index contributed by atoms with van der Waals surface area (Å²) in [7, 11) is 1.95. The zero-order valence-corrected chi connectivity index (χ0v) is 10.1. The second-order valence-corrected chi connectivity index (χ2v) is 4.61. The molecule has 0 atom stereocenters. The maximum Gasteiger partial charge on any atom is 0.364 e. The summed E-state index contributed by atoms with van der Waals surface area (Å²) >= 11 is 0. The first-order valence-electron chi connectivity index (χ1n) is 6.02. The Morgan fingerprint density at radius 2 is 2.39 bits per heavy atom. The molecule has 1 saturated carbocycles. The predicted molar refractivity (Wildman–Crippen MR) is 64.7 cm³/mol. The molecule has 0 aliphatic heterocycles. The molecule has 3 rings (SSSR count). The third kappa shape index (κ3) is 1.97. The lowest BCUT2D eigenvalue weighted by atomic mass is 9.82. The largest absolute Gasteiger partial charge is 0.473 e. The highest BCUT2D eigenvalue weighted by Crippen LogP contribution is 2.29. The summed E-state index contributed by atoms with van der Waals surface area (Å²) < 4.78 is 6.93. The van der Waals surface area contributed by atoms with E-state index in [1.165, 1.54) is 4.52 Å². The average Bonchev–Trinajstić information content (AvgIpc) is 2.69. The minimum atomic E-state index is -0.350. The molecule has 2 N–H and O–H groups in total. The van der Waals surface area contributed by atoms with Gasteiger partial charge in [-0.3, -0.25) is 0 Å². The monoisotopic (exact) mass is 249 g/mol. The van der Waals surface area contributed by atoms with Gasteiger partial charge in [0.2, 0.25) is 5.88 Å². The van der Waals surface area contributed by atoms with E-state index >= 15 is 0 Å². The van der Waals surface area contributed by atoms with Crippen molar-refractivity contribution in [3.63, 3.8) is 0 Å². The van der Waals surface area contributed by atoms with Crippen molar-refractivity contribution in [1.29, 1.82) is 0 Å². The molecule has 1 fully saturated rings. The van der Waals surface area contributed by atoms with E-state index in [4.69, 9.17) is 4.74 Å². The maximum absolute atomic E-state index is 11.4. The molecular formula is C11H15N5O2. The highest BCUT2D eigenvalue weighted by Gasteiger charge is 2.30. The molecule has 96 valence electrons. The fourth-order valence-electron chi connectivity index (χ4n) is 2.25. The van der Waals surface area contributed by atoms with E-state index in [1.807, 2.05) is 7.05 Å². The Bertz CT molecular complexity index is 599. The fourth-order valence-corrected chi connectivity index (χ4v) is 2.25. The molecule has 0 bridgehead atoms. The Morgan fingerprint density at radius 1 is 1.56 bits per heavy atom. The first-order chi connectivity index (χ1) is 8.76. The summed E-state index contributed by atoms with van der Waals surface area (Å²) in [5, 5.41) is 13.4. The molecule has 0 radical (unpaired) electrons. The summed E-state index contributed by atoms with van der Waals surface area (Å²) in [5.41, 5.74) is 0.145. The average molecular weight is 249 g/mol. The van der Waals surface area contributed by atoms with Gasteiger partial charge in [0.05, 0.1) is 0 Å². The Morgan fingerprint density at radius 3 is 3.17 bits per heavy atom. The number of aromatic amines is 1. The van der Waals surface area contributed by atoms with Crippen LogP contribution in [0.1, 0.15) is 12.8 Å². The van der Waals surface area contributed by atoms with Gasteiger partial charge in [-0.1, -0.05) is 0 Å². The molecule has 1 aliphatic carbocycles. The molecule has 0 aromatic carbocycles. The smallest absolute Gasteiger partial charge is 0.364 e. The number of aromatic nitrogens is 4. The standard InChI is InChI=1S/C11H15N5O2/c1-12-6-7-4-8(5-7)18-10-3-2-9-13-14-11(17)16(9)15-10/h2-3,7-8,12H,4-6H2,1H3,(H,14,17). The van der Waals surface area contributed by atoms with Crippen LogP contribution in [0.4, 0.5) is 0 Å². The van der Waals surface area contributed by atoms with Gasteiger partial charge in [-0.2, -0.15) is 9.61 Å². The minimum absolute atomic E-state index is 0.205. The van der Waals surface area contributed by atoms with Crippen LogP contribution in [0.3, 0.4) is 0 Å². The Balaban J connectivity index is 1.68. The highest BCUT2D eigenvalue weighted by atomic mass is 16.5. The molecule has 0 unspecified atom stereocenters. The van der Waals surface area contributed by atoms with E-state index in [0.29, 0.717) is 17.4 Å². The van der Waals surface area contributed by atoms with Crippen LogP contribution in [0, 0.1) is 5.92 Å². The summed E-state index contributed by atoms with van der Waals surface area (Å²) in [5.74, 6) is 1.15. The van der Waals surface area contributed by atoms with Crippen LogP contribution in [0.25, 0.3) is 5.65 Å². The number of nitrogens with zero attached hydrogens (tertiary/aromatic N) is 3. The summed E-state index contributed by atoms with van der Waals surface area (Å²) in [6.07, 6.45) is 2.26. The van der Waals surface area contributed by atoms with Crippen LogP contribution in [0.2, 0.25) is 0 Å². The molecule has 18 heavy (non-hydrogen) atoms. The zero-order chi connectivity index (χ0) is 12.5. The van der Waals surface area contributed by atoms with Crippen LogP contribution in [0.15, 0.2) is 16.9 Å².